The molecule has 1 amide bonds. The van der Waals surface area contributed by atoms with Gasteiger partial charge in [0.15, 0.2) is 0 Å². The van der Waals surface area contributed by atoms with Crippen LogP contribution in [-0.4, -0.2) is 55.4 Å². The third-order valence-corrected chi connectivity index (χ3v) is 6.87. The Morgan fingerprint density at radius 3 is 2.53 bits per heavy atom. The highest BCUT2D eigenvalue weighted by Gasteiger charge is 2.19. The topological polar surface area (TPSA) is 104 Å². The Morgan fingerprint density at radius 1 is 1.17 bits per heavy atom. The van der Waals surface area contributed by atoms with Crippen LogP contribution in [0, 0.1) is 6.92 Å². The molecule has 0 atom stereocenters. The number of aryl methyl sites for hydroxylation is 1. The highest BCUT2D eigenvalue weighted by atomic mass is 79.9. The fourth-order valence-corrected chi connectivity index (χ4v) is 4.89. The van der Waals surface area contributed by atoms with Crippen molar-refractivity contribution in [3.8, 4) is 0 Å². The van der Waals surface area contributed by atoms with Gasteiger partial charge >= 0.3 is 0 Å². The smallest absolute Gasteiger partial charge is 0.240 e. The van der Waals surface area contributed by atoms with Gasteiger partial charge in [-0.2, -0.15) is 0 Å². The molecule has 0 radical (unpaired) electrons. The van der Waals surface area contributed by atoms with Gasteiger partial charge in [0.05, 0.1) is 10.6 Å². The molecule has 0 fully saturated rings. The molecule has 0 unspecified atom stereocenters. The number of nitrogens with one attached hydrogen (secondary N) is 2. The monoisotopic (exact) mass is 497 g/mol. The SMILES string of the molecule is CCN(CC)C(=O)CCNc1cc(C)c(S(=O)(=O)NCCc2cnccn2)cc1Br. The molecule has 0 spiro atoms. The summed E-state index contributed by atoms with van der Waals surface area (Å²) in [6.45, 7) is 7.73. The van der Waals surface area contributed by atoms with Crippen LogP contribution in [-0.2, 0) is 21.2 Å². The Labute approximate surface area is 186 Å². The van der Waals surface area contributed by atoms with E-state index < -0.39 is 10.0 Å². The van der Waals surface area contributed by atoms with Crippen LogP contribution < -0.4 is 10.0 Å². The summed E-state index contributed by atoms with van der Waals surface area (Å²) in [5.74, 6) is 0.0897. The molecule has 0 aliphatic carbocycles. The number of hydrogen-bond donors (Lipinski definition) is 2. The van der Waals surface area contributed by atoms with Crippen molar-refractivity contribution in [2.45, 2.75) is 38.5 Å². The predicted octanol–water partition coefficient (Wildman–Crippen LogP) is 2.74. The van der Waals surface area contributed by atoms with Gasteiger partial charge < -0.3 is 10.2 Å². The molecule has 10 heteroatoms. The van der Waals surface area contributed by atoms with Crippen LogP contribution in [0.15, 0.2) is 40.1 Å². The molecule has 2 rings (SSSR count). The van der Waals surface area contributed by atoms with Gasteiger partial charge in [0.1, 0.15) is 0 Å². The number of carbonyl (C=O) groups excluding carboxylic acids is 1. The number of benzene rings is 1. The van der Waals surface area contributed by atoms with E-state index >= 15 is 0 Å². The van der Waals surface area contributed by atoms with Crippen molar-refractivity contribution in [1.82, 2.24) is 19.6 Å². The van der Waals surface area contributed by atoms with Crippen molar-refractivity contribution in [3.63, 3.8) is 0 Å². The maximum Gasteiger partial charge on any atom is 0.240 e. The van der Waals surface area contributed by atoms with E-state index in [0.717, 1.165) is 11.4 Å². The number of aromatic nitrogens is 2. The van der Waals surface area contributed by atoms with Gasteiger partial charge in [-0.25, -0.2) is 13.1 Å². The Morgan fingerprint density at radius 2 is 1.90 bits per heavy atom. The summed E-state index contributed by atoms with van der Waals surface area (Å²) in [6.07, 6.45) is 5.59. The van der Waals surface area contributed by atoms with E-state index in [1.807, 2.05) is 13.8 Å². The summed E-state index contributed by atoms with van der Waals surface area (Å²) >= 11 is 3.43. The van der Waals surface area contributed by atoms with Gasteiger partial charge in [-0.15, -0.1) is 0 Å². The second kappa shape index (κ2) is 11.4. The Bertz CT molecular complexity index is 950. The molecular weight excluding hydrogens is 470 g/mol. The van der Waals surface area contributed by atoms with Crippen molar-refractivity contribution in [3.05, 3.63) is 46.5 Å². The first-order valence-electron chi connectivity index (χ1n) is 9.84. The summed E-state index contributed by atoms with van der Waals surface area (Å²) in [7, 11) is -3.67. The highest BCUT2D eigenvalue weighted by Crippen LogP contribution is 2.29. The number of carbonyl (C=O) groups is 1. The zero-order valence-corrected chi connectivity index (χ0v) is 19.9. The average molecular weight is 498 g/mol. The zero-order valence-electron chi connectivity index (χ0n) is 17.5. The molecule has 1 aromatic carbocycles. The normalized spacial score (nSPS) is 11.3. The molecule has 1 aromatic heterocycles. The van der Waals surface area contributed by atoms with Crippen molar-refractivity contribution < 1.29 is 13.2 Å². The second-order valence-corrected chi connectivity index (χ2v) is 9.27. The van der Waals surface area contributed by atoms with E-state index in [-0.39, 0.29) is 17.3 Å². The third kappa shape index (κ3) is 6.75. The van der Waals surface area contributed by atoms with E-state index in [4.69, 9.17) is 0 Å². The molecule has 2 N–H and O–H groups in total. The van der Waals surface area contributed by atoms with Crippen molar-refractivity contribution in [1.29, 1.82) is 0 Å². The van der Waals surface area contributed by atoms with Crippen molar-refractivity contribution >= 4 is 37.5 Å². The molecule has 164 valence electrons. The minimum Gasteiger partial charge on any atom is -0.384 e. The van der Waals surface area contributed by atoms with Crippen molar-refractivity contribution in [2.75, 3.05) is 31.5 Å². The minimum atomic E-state index is -3.67. The molecule has 30 heavy (non-hydrogen) atoms. The molecule has 1 heterocycles. The first kappa shape index (κ1) is 24.2. The molecule has 0 saturated carbocycles. The fourth-order valence-electron chi connectivity index (χ4n) is 2.98. The van der Waals surface area contributed by atoms with Crippen LogP contribution in [0.1, 0.15) is 31.5 Å². The lowest BCUT2D eigenvalue weighted by molar-refractivity contribution is -0.130. The van der Waals surface area contributed by atoms with E-state index in [9.17, 15) is 13.2 Å². The maximum absolute atomic E-state index is 12.7. The number of hydrogen-bond acceptors (Lipinski definition) is 6. The lowest BCUT2D eigenvalue weighted by Gasteiger charge is -2.19. The van der Waals surface area contributed by atoms with Gasteiger partial charge in [0.2, 0.25) is 15.9 Å². The van der Waals surface area contributed by atoms with E-state index in [0.29, 0.717) is 42.5 Å². The van der Waals surface area contributed by atoms with Crippen LogP contribution in [0.2, 0.25) is 0 Å². The first-order valence-corrected chi connectivity index (χ1v) is 12.1. The largest absolute Gasteiger partial charge is 0.384 e. The fraction of sp³-hybridized carbons (Fsp3) is 0.450. The zero-order chi connectivity index (χ0) is 22.1. The van der Waals surface area contributed by atoms with Gasteiger partial charge in [-0.05, 0) is 54.4 Å². The minimum absolute atomic E-state index is 0.0897. The summed E-state index contributed by atoms with van der Waals surface area (Å²) in [4.78, 5) is 22.2. The average Bonchev–Trinajstić information content (AvgIpc) is 2.71. The quantitative estimate of drug-likeness (QED) is 0.494. The molecule has 0 saturated heterocycles. The molecule has 8 nitrogen and oxygen atoms in total. The first-order chi connectivity index (χ1) is 14.3. The maximum atomic E-state index is 12.7. The summed E-state index contributed by atoms with van der Waals surface area (Å²) < 4.78 is 28.7. The van der Waals surface area contributed by atoms with E-state index in [1.165, 1.54) is 0 Å². The van der Waals surface area contributed by atoms with Gasteiger partial charge in [-0.3, -0.25) is 14.8 Å². The van der Waals surface area contributed by atoms with Crippen LogP contribution in [0.5, 0.6) is 0 Å². The van der Waals surface area contributed by atoms with Crippen molar-refractivity contribution in [2.24, 2.45) is 0 Å². The van der Waals surface area contributed by atoms with E-state index in [2.05, 4.69) is 35.9 Å². The lowest BCUT2D eigenvalue weighted by atomic mass is 10.2. The number of anilines is 1. The summed E-state index contributed by atoms with van der Waals surface area (Å²) in [5.41, 5.74) is 2.08. The summed E-state index contributed by atoms with van der Waals surface area (Å²) in [6, 6.07) is 3.34. The number of rotatable bonds is 11. The number of sulfonamides is 1. The predicted molar refractivity (Wildman–Crippen MR) is 121 cm³/mol. The number of halogens is 1. The number of nitrogens with zero attached hydrogens (tertiary/aromatic N) is 3. The van der Waals surface area contributed by atoms with Gasteiger partial charge in [-0.1, -0.05) is 0 Å². The Balaban J connectivity index is 1.99. The Kier molecular flexibility index (Phi) is 9.19. The van der Waals surface area contributed by atoms with Crippen LogP contribution in [0.4, 0.5) is 5.69 Å². The molecule has 0 aliphatic rings. The molecule has 0 bridgehead atoms. The van der Waals surface area contributed by atoms with Crippen LogP contribution in [0.25, 0.3) is 0 Å². The molecule has 2 aromatic rings. The highest BCUT2D eigenvalue weighted by molar-refractivity contribution is 9.10. The standard InChI is InChI=1S/C20H28BrN5O3S/c1-4-26(5-2)20(27)7-8-24-18-12-15(3)19(13-17(18)21)30(28,29)25-9-6-16-14-22-10-11-23-16/h10-14,24-25H,4-9H2,1-3H3. The van der Waals surface area contributed by atoms with E-state index in [1.54, 1.807) is 42.5 Å². The van der Waals surface area contributed by atoms with Crippen LogP contribution >= 0.6 is 15.9 Å². The number of amides is 1. The third-order valence-electron chi connectivity index (χ3n) is 4.61. The second-order valence-electron chi connectivity index (χ2n) is 6.68. The van der Waals surface area contributed by atoms with Crippen LogP contribution in [0.3, 0.4) is 0 Å². The summed E-state index contributed by atoms with van der Waals surface area (Å²) in [5, 5.41) is 3.21. The molecule has 0 aliphatic heterocycles. The van der Waals surface area contributed by atoms with Gasteiger partial charge in [0.25, 0.3) is 0 Å². The molecular formula is C20H28BrN5O3S. The lowest BCUT2D eigenvalue weighted by Crippen LogP contribution is -2.31. The van der Waals surface area contributed by atoms with Gasteiger partial charge in [0, 0.05) is 67.8 Å². The Hall–Kier alpha value is -2.04.